The molecule has 1 N–H and O–H groups in total. The van der Waals surface area contributed by atoms with Crippen LogP contribution in [-0.2, 0) is 0 Å². The van der Waals surface area contributed by atoms with E-state index in [0.29, 0.717) is 0 Å². The Morgan fingerprint density at radius 1 is 1.07 bits per heavy atom. The highest BCUT2D eigenvalue weighted by atomic mass is 15.1. The molecule has 2 heterocycles. The molecule has 4 nitrogen and oxygen atoms in total. The molecule has 146 valence electrons. The van der Waals surface area contributed by atoms with E-state index >= 15 is 0 Å². The minimum atomic E-state index is 0.158. The molecule has 0 aliphatic carbocycles. The summed E-state index contributed by atoms with van der Waals surface area (Å²) in [6.07, 6.45) is 9.05. The van der Waals surface area contributed by atoms with E-state index in [1.807, 2.05) is 69.5 Å². The summed E-state index contributed by atoms with van der Waals surface area (Å²) in [5.74, 6) is 0.959. The lowest BCUT2D eigenvalue weighted by Gasteiger charge is -2.12. The number of fused-ring (bicyclic) bond motifs is 1. The number of rotatable bonds is 4. The van der Waals surface area contributed by atoms with Gasteiger partial charge in [0.2, 0.25) is 0 Å². The predicted octanol–water partition coefficient (Wildman–Crippen LogP) is 6.63. The quantitative estimate of drug-likeness (QED) is 0.527. The van der Waals surface area contributed by atoms with Gasteiger partial charge in [-0.05, 0) is 13.8 Å². The number of nitrogens with zero attached hydrogens (tertiary/aromatic N) is 3. The molecular weight excluding hydrogens is 332 g/mol. The number of anilines is 1. The molecule has 0 aliphatic rings. The summed E-state index contributed by atoms with van der Waals surface area (Å²) in [5, 5.41) is 3.44. The van der Waals surface area contributed by atoms with Gasteiger partial charge in [-0.1, -0.05) is 70.2 Å². The second kappa shape index (κ2) is 14.3. The molecule has 0 fully saturated rings. The first-order chi connectivity index (χ1) is 13.2. The first kappa shape index (κ1) is 24.1. The lowest BCUT2D eigenvalue weighted by Crippen LogP contribution is -2.13. The number of benzene rings is 1. The lowest BCUT2D eigenvalue weighted by molar-refractivity contribution is 0.972. The van der Waals surface area contributed by atoms with Crippen molar-refractivity contribution in [3.8, 4) is 11.3 Å². The van der Waals surface area contributed by atoms with Crippen molar-refractivity contribution in [1.29, 1.82) is 0 Å². The van der Waals surface area contributed by atoms with Gasteiger partial charge in [-0.3, -0.25) is 9.38 Å². The summed E-state index contributed by atoms with van der Waals surface area (Å²) in [6.45, 7) is 19.1. The zero-order valence-corrected chi connectivity index (χ0v) is 17.6. The number of aromatic nitrogens is 3. The first-order valence-electron chi connectivity index (χ1n) is 9.54. The zero-order valence-electron chi connectivity index (χ0n) is 17.6. The monoisotopic (exact) mass is 366 g/mol. The fourth-order valence-corrected chi connectivity index (χ4v) is 2.12. The Hall–Kier alpha value is -2.88. The third-order valence-corrected chi connectivity index (χ3v) is 3.20. The Morgan fingerprint density at radius 2 is 1.67 bits per heavy atom. The second-order valence-electron chi connectivity index (χ2n) is 5.06. The van der Waals surface area contributed by atoms with E-state index in [0.717, 1.165) is 22.7 Å². The SMILES string of the molecule is C=CC.C=CC(C)Nc1c(-c2ccccc2)nc2cnccn12.CC.CC. The molecule has 0 aliphatic heterocycles. The zero-order chi connectivity index (χ0) is 20.7. The molecule has 0 bridgehead atoms. The van der Waals surface area contributed by atoms with E-state index in [-0.39, 0.29) is 6.04 Å². The largest absolute Gasteiger partial charge is 0.363 e. The van der Waals surface area contributed by atoms with Crippen LogP contribution in [0.2, 0.25) is 0 Å². The van der Waals surface area contributed by atoms with Gasteiger partial charge in [-0.2, -0.15) is 0 Å². The fourth-order valence-electron chi connectivity index (χ4n) is 2.12. The van der Waals surface area contributed by atoms with E-state index in [2.05, 4.69) is 47.5 Å². The van der Waals surface area contributed by atoms with E-state index < -0.39 is 0 Å². The average molecular weight is 367 g/mol. The Labute approximate surface area is 164 Å². The van der Waals surface area contributed by atoms with E-state index in [4.69, 9.17) is 0 Å². The van der Waals surface area contributed by atoms with Crippen molar-refractivity contribution in [2.75, 3.05) is 5.32 Å². The molecule has 27 heavy (non-hydrogen) atoms. The van der Waals surface area contributed by atoms with Crippen LogP contribution in [0.4, 0.5) is 5.82 Å². The molecular formula is C23H34N4. The van der Waals surface area contributed by atoms with Crippen LogP contribution < -0.4 is 5.32 Å². The van der Waals surface area contributed by atoms with Gasteiger partial charge in [0.1, 0.15) is 11.5 Å². The van der Waals surface area contributed by atoms with Gasteiger partial charge in [-0.25, -0.2) is 4.98 Å². The molecule has 2 aromatic heterocycles. The maximum atomic E-state index is 4.67. The number of hydrogen-bond donors (Lipinski definition) is 1. The Kier molecular flexibility index (Phi) is 12.8. The van der Waals surface area contributed by atoms with Gasteiger partial charge >= 0.3 is 0 Å². The second-order valence-corrected chi connectivity index (χ2v) is 5.06. The smallest absolute Gasteiger partial charge is 0.157 e. The van der Waals surface area contributed by atoms with Crippen molar-refractivity contribution in [3.05, 3.63) is 74.2 Å². The summed E-state index contributed by atoms with van der Waals surface area (Å²) in [6, 6.07) is 10.3. The Balaban J connectivity index is 0.000000860. The number of nitrogens with one attached hydrogen (secondary N) is 1. The molecule has 0 radical (unpaired) electrons. The molecule has 1 aromatic carbocycles. The molecule has 0 saturated carbocycles. The highest BCUT2D eigenvalue weighted by Gasteiger charge is 2.14. The number of imidazole rings is 1. The Bertz CT molecular complexity index is 775. The summed E-state index contributed by atoms with van der Waals surface area (Å²) >= 11 is 0. The molecule has 1 unspecified atom stereocenters. The van der Waals surface area contributed by atoms with Crippen molar-refractivity contribution in [3.63, 3.8) is 0 Å². The van der Waals surface area contributed by atoms with Crippen LogP contribution in [0.3, 0.4) is 0 Å². The molecule has 0 saturated heterocycles. The lowest BCUT2D eigenvalue weighted by atomic mass is 10.1. The fraction of sp³-hybridized carbons (Fsp3) is 0.304. The van der Waals surface area contributed by atoms with Crippen LogP contribution in [0.1, 0.15) is 41.5 Å². The van der Waals surface area contributed by atoms with E-state index in [1.165, 1.54) is 0 Å². The van der Waals surface area contributed by atoms with Gasteiger partial charge in [0.05, 0.1) is 6.20 Å². The summed E-state index contributed by atoms with van der Waals surface area (Å²) < 4.78 is 2.01. The minimum absolute atomic E-state index is 0.158. The molecule has 3 rings (SSSR count). The molecule has 3 aromatic rings. The molecule has 4 heteroatoms. The van der Waals surface area contributed by atoms with Crippen LogP contribution in [0.5, 0.6) is 0 Å². The standard InChI is InChI=1S/C16H16N4.C3H6.2C2H6/c1-3-12(2)18-16-15(13-7-5-4-6-8-13)19-14-11-17-9-10-20(14)16;1-3-2;2*1-2/h3-12,18H,1H2,2H3;3H,1H2,2H3;2*1-2H3. The first-order valence-corrected chi connectivity index (χ1v) is 9.54. The van der Waals surface area contributed by atoms with E-state index in [9.17, 15) is 0 Å². The third-order valence-electron chi connectivity index (χ3n) is 3.20. The predicted molar refractivity (Wildman–Crippen MR) is 120 cm³/mol. The molecule has 0 amide bonds. The molecule has 1 atom stereocenters. The van der Waals surface area contributed by atoms with Crippen molar-refractivity contribution >= 4 is 11.5 Å². The van der Waals surface area contributed by atoms with Gasteiger partial charge in [0.15, 0.2) is 5.65 Å². The van der Waals surface area contributed by atoms with Gasteiger partial charge in [0, 0.05) is 24.0 Å². The van der Waals surface area contributed by atoms with Crippen LogP contribution in [0.15, 0.2) is 74.2 Å². The highest BCUT2D eigenvalue weighted by Crippen LogP contribution is 2.28. The summed E-state index contributed by atoms with van der Waals surface area (Å²) in [4.78, 5) is 8.80. The number of allylic oxidation sites excluding steroid dienone is 1. The summed E-state index contributed by atoms with van der Waals surface area (Å²) in [7, 11) is 0. The van der Waals surface area contributed by atoms with Gasteiger partial charge in [0.25, 0.3) is 0 Å². The van der Waals surface area contributed by atoms with Crippen LogP contribution in [-0.4, -0.2) is 20.4 Å². The maximum Gasteiger partial charge on any atom is 0.157 e. The number of hydrogen-bond acceptors (Lipinski definition) is 3. The normalized spacial score (nSPS) is 10.0. The van der Waals surface area contributed by atoms with Crippen molar-refractivity contribution in [2.24, 2.45) is 0 Å². The highest BCUT2D eigenvalue weighted by molar-refractivity contribution is 5.76. The average Bonchev–Trinajstić information content (AvgIpc) is 3.10. The van der Waals surface area contributed by atoms with Crippen molar-refractivity contribution in [2.45, 2.75) is 47.6 Å². The minimum Gasteiger partial charge on any atom is -0.363 e. The topological polar surface area (TPSA) is 42.2 Å². The maximum absolute atomic E-state index is 4.67. The van der Waals surface area contributed by atoms with Crippen molar-refractivity contribution < 1.29 is 0 Å². The van der Waals surface area contributed by atoms with Crippen molar-refractivity contribution in [1.82, 2.24) is 14.4 Å². The van der Waals surface area contributed by atoms with Gasteiger partial charge in [-0.15, -0.1) is 13.2 Å². The molecule has 0 spiro atoms. The Morgan fingerprint density at radius 3 is 2.22 bits per heavy atom. The van der Waals surface area contributed by atoms with Crippen LogP contribution in [0.25, 0.3) is 16.9 Å². The van der Waals surface area contributed by atoms with Crippen LogP contribution in [0, 0.1) is 0 Å². The van der Waals surface area contributed by atoms with E-state index in [1.54, 1.807) is 18.5 Å². The van der Waals surface area contributed by atoms with Gasteiger partial charge < -0.3 is 5.32 Å². The third kappa shape index (κ3) is 7.10. The summed E-state index contributed by atoms with van der Waals surface area (Å²) in [5.41, 5.74) is 2.83. The van der Waals surface area contributed by atoms with Crippen LogP contribution >= 0.6 is 0 Å².